The first-order chi connectivity index (χ1) is 13.4. The number of hydrogen-bond donors (Lipinski definition) is 2. The maximum atomic E-state index is 11.3. The van der Waals surface area contributed by atoms with Crippen molar-refractivity contribution in [3.8, 4) is 11.5 Å². The molecule has 2 aromatic carbocycles. The maximum absolute atomic E-state index is 11.3. The highest BCUT2D eigenvalue weighted by Gasteiger charge is 2.39. The van der Waals surface area contributed by atoms with E-state index in [1.807, 2.05) is 54.6 Å². The molecule has 4 nitrogen and oxygen atoms in total. The molecule has 4 heteroatoms. The van der Waals surface area contributed by atoms with Gasteiger partial charge in [0.15, 0.2) is 0 Å². The van der Waals surface area contributed by atoms with Crippen LogP contribution >= 0.6 is 0 Å². The van der Waals surface area contributed by atoms with Crippen molar-refractivity contribution in [2.75, 3.05) is 0 Å². The molecular weight excluding hydrogens is 352 g/mol. The quantitative estimate of drug-likeness (QED) is 0.559. The third-order valence-electron chi connectivity index (χ3n) is 6.06. The Balaban J connectivity index is 1.60. The fourth-order valence-corrected chi connectivity index (χ4v) is 4.11. The van der Waals surface area contributed by atoms with Gasteiger partial charge in [-0.3, -0.25) is 4.79 Å². The molecule has 0 amide bonds. The zero-order chi connectivity index (χ0) is 20.0. The number of aliphatic hydroxyl groups is 1. The Kier molecular flexibility index (Phi) is 6.40. The smallest absolute Gasteiger partial charge is 0.303 e. The summed E-state index contributed by atoms with van der Waals surface area (Å²) in [6, 6.07) is 17.4. The third kappa shape index (κ3) is 5.35. The molecule has 2 N–H and O–H groups in total. The Morgan fingerprint density at radius 2 is 1.64 bits per heavy atom. The van der Waals surface area contributed by atoms with Crippen LogP contribution in [0.4, 0.5) is 0 Å². The molecular formula is C24H30O4. The predicted molar refractivity (Wildman–Crippen MR) is 110 cm³/mol. The Morgan fingerprint density at radius 1 is 0.964 bits per heavy atom. The second-order valence-corrected chi connectivity index (χ2v) is 8.39. The zero-order valence-corrected chi connectivity index (χ0v) is 16.6. The number of aliphatic carboxylic acids is 1. The van der Waals surface area contributed by atoms with Gasteiger partial charge in [0.05, 0.1) is 5.60 Å². The lowest BCUT2D eigenvalue weighted by molar-refractivity contribution is -0.137. The molecule has 0 saturated heterocycles. The number of para-hydroxylation sites is 1. The summed E-state index contributed by atoms with van der Waals surface area (Å²) in [5.41, 5.74) is 0.272. The van der Waals surface area contributed by atoms with E-state index in [4.69, 9.17) is 9.84 Å². The van der Waals surface area contributed by atoms with Crippen molar-refractivity contribution in [1.29, 1.82) is 0 Å². The van der Waals surface area contributed by atoms with Crippen LogP contribution in [0.2, 0.25) is 0 Å². The van der Waals surface area contributed by atoms with Crippen molar-refractivity contribution < 1.29 is 19.7 Å². The topological polar surface area (TPSA) is 66.8 Å². The zero-order valence-electron chi connectivity index (χ0n) is 16.6. The van der Waals surface area contributed by atoms with Gasteiger partial charge in [-0.25, -0.2) is 0 Å². The highest BCUT2D eigenvalue weighted by molar-refractivity contribution is 5.66. The van der Waals surface area contributed by atoms with Crippen LogP contribution in [0.15, 0.2) is 54.6 Å². The number of carboxylic acid groups (broad SMARTS) is 1. The van der Waals surface area contributed by atoms with Gasteiger partial charge in [0, 0.05) is 6.42 Å². The van der Waals surface area contributed by atoms with E-state index in [0.29, 0.717) is 0 Å². The Bertz CT molecular complexity index is 776. The summed E-state index contributed by atoms with van der Waals surface area (Å²) in [7, 11) is 0. The first-order valence-electron chi connectivity index (χ1n) is 10.2. The van der Waals surface area contributed by atoms with Gasteiger partial charge in [0.1, 0.15) is 11.5 Å². The Hall–Kier alpha value is -2.33. The summed E-state index contributed by atoms with van der Waals surface area (Å²) < 4.78 is 5.92. The van der Waals surface area contributed by atoms with Gasteiger partial charge in [-0.1, -0.05) is 43.7 Å². The molecule has 2 aromatic rings. The van der Waals surface area contributed by atoms with E-state index in [0.717, 1.165) is 62.0 Å². The maximum Gasteiger partial charge on any atom is 0.303 e. The van der Waals surface area contributed by atoms with E-state index in [-0.39, 0.29) is 11.8 Å². The monoisotopic (exact) mass is 382 g/mol. The van der Waals surface area contributed by atoms with E-state index in [1.165, 1.54) is 0 Å². The Morgan fingerprint density at radius 3 is 2.32 bits per heavy atom. The molecule has 1 saturated carbocycles. The minimum absolute atomic E-state index is 0.183. The van der Waals surface area contributed by atoms with Crippen LogP contribution in [0.1, 0.15) is 63.9 Å². The van der Waals surface area contributed by atoms with Crippen molar-refractivity contribution in [3.05, 3.63) is 60.2 Å². The summed E-state index contributed by atoms with van der Waals surface area (Å²) in [6.45, 7) is 2.27. The molecule has 150 valence electrons. The van der Waals surface area contributed by atoms with Crippen LogP contribution in [0.25, 0.3) is 0 Å². The lowest BCUT2D eigenvalue weighted by Crippen LogP contribution is -2.35. The van der Waals surface area contributed by atoms with Gasteiger partial charge in [0.2, 0.25) is 0 Å². The second-order valence-electron chi connectivity index (χ2n) is 8.39. The van der Waals surface area contributed by atoms with E-state index in [1.54, 1.807) is 0 Å². The fourth-order valence-electron chi connectivity index (χ4n) is 4.11. The molecule has 1 aliphatic rings. The van der Waals surface area contributed by atoms with Crippen molar-refractivity contribution in [2.24, 2.45) is 5.41 Å². The van der Waals surface area contributed by atoms with Gasteiger partial charge in [0.25, 0.3) is 0 Å². The number of hydrogen-bond acceptors (Lipinski definition) is 3. The molecule has 0 unspecified atom stereocenters. The Labute approximate surface area is 167 Å². The number of rotatable bonds is 8. The number of ether oxygens (including phenoxy) is 1. The van der Waals surface area contributed by atoms with Gasteiger partial charge in [-0.2, -0.15) is 0 Å². The van der Waals surface area contributed by atoms with Crippen LogP contribution < -0.4 is 4.74 Å². The summed E-state index contributed by atoms with van der Waals surface area (Å²) >= 11 is 0. The van der Waals surface area contributed by atoms with Crippen molar-refractivity contribution >= 4 is 5.97 Å². The van der Waals surface area contributed by atoms with Gasteiger partial charge in [-0.15, -0.1) is 0 Å². The molecule has 0 aromatic heterocycles. The number of benzene rings is 2. The summed E-state index contributed by atoms with van der Waals surface area (Å²) in [4.78, 5) is 10.7. The molecule has 0 spiro atoms. The van der Waals surface area contributed by atoms with Crippen LogP contribution in [-0.4, -0.2) is 16.2 Å². The molecule has 3 rings (SSSR count). The lowest BCUT2D eigenvalue weighted by atomic mass is 9.66. The number of carboxylic acids is 1. The van der Waals surface area contributed by atoms with Crippen molar-refractivity contribution in [2.45, 2.75) is 63.9 Å². The normalized spacial score (nSPS) is 24.6. The second kappa shape index (κ2) is 8.78. The third-order valence-corrected chi connectivity index (χ3v) is 6.06. The van der Waals surface area contributed by atoms with E-state index < -0.39 is 11.6 Å². The fraction of sp³-hybridized carbons (Fsp3) is 0.458. The summed E-state index contributed by atoms with van der Waals surface area (Å²) in [5, 5.41) is 20.1. The molecule has 0 radical (unpaired) electrons. The van der Waals surface area contributed by atoms with Gasteiger partial charge >= 0.3 is 5.97 Å². The predicted octanol–water partition coefficient (Wildman–Crippen LogP) is 5.89. The molecule has 0 aliphatic heterocycles. The standard InChI is InChI=1S/C24H30O4/c1-23(13-6-5-12-22(25)26)14-16-24(27,17-15-23)19-8-7-11-21(18-19)28-20-9-3-2-4-10-20/h2-4,7-11,18,27H,5-6,12-17H2,1H3,(H,25,26). The molecule has 0 bridgehead atoms. The molecule has 0 heterocycles. The van der Waals surface area contributed by atoms with Crippen LogP contribution in [0, 0.1) is 5.41 Å². The van der Waals surface area contributed by atoms with Crippen LogP contribution in [0.5, 0.6) is 11.5 Å². The molecule has 28 heavy (non-hydrogen) atoms. The van der Waals surface area contributed by atoms with Gasteiger partial charge in [-0.05, 0) is 73.8 Å². The minimum atomic E-state index is -0.823. The molecule has 1 fully saturated rings. The average molecular weight is 383 g/mol. The highest BCUT2D eigenvalue weighted by Crippen LogP contribution is 2.48. The van der Waals surface area contributed by atoms with Crippen LogP contribution in [-0.2, 0) is 10.4 Å². The first kappa shape index (κ1) is 20.4. The van der Waals surface area contributed by atoms with Gasteiger partial charge < -0.3 is 14.9 Å². The van der Waals surface area contributed by atoms with Crippen molar-refractivity contribution in [1.82, 2.24) is 0 Å². The lowest BCUT2D eigenvalue weighted by Gasteiger charge is -2.42. The number of unbranched alkanes of at least 4 members (excludes halogenated alkanes) is 1. The SMILES string of the molecule is CC1(CCCCC(=O)O)CCC(O)(c2cccc(Oc3ccccc3)c2)CC1. The average Bonchev–Trinajstić information content (AvgIpc) is 2.69. The summed E-state index contributed by atoms with van der Waals surface area (Å²) in [6.07, 6.45) is 6.26. The van der Waals surface area contributed by atoms with E-state index in [2.05, 4.69) is 6.92 Å². The first-order valence-corrected chi connectivity index (χ1v) is 10.2. The highest BCUT2D eigenvalue weighted by atomic mass is 16.5. The van der Waals surface area contributed by atoms with Crippen molar-refractivity contribution in [3.63, 3.8) is 0 Å². The summed E-state index contributed by atoms with van der Waals surface area (Å²) in [5.74, 6) is 0.795. The van der Waals surface area contributed by atoms with E-state index in [9.17, 15) is 9.90 Å². The minimum Gasteiger partial charge on any atom is -0.481 e. The molecule has 1 aliphatic carbocycles. The van der Waals surface area contributed by atoms with Crippen LogP contribution in [0.3, 0.4) is 0 Å². The van der Waals surface area contributed by atoms with E-state index >= 15 is 0 Å². The molecule has 0 atom stereocenters. The number of carbonyl (C=O) groups is 1. The largest absolute Gasteiger partial charge is 0.481 e.